The van der Waals surface area contributed by atoms with E-state index in [-0.39, 0.29) is 18.0 Å². The van der Waals surface area contributed by atoms with Gasteiger partial charge in [-0.05, 0) is 33.0 Å². The van der Waals surface area contributed by atoms with E-state index in [2.05, 4.69) is 10.6 Å². The SMILES string of the molecule is CNC(C)C(=O)NC(C)c1ccc(Cl)s1. The minimum absolute atomic E-state index is 0.00507. The maximum atomic E-state index is 11.6. The van der Waals surface area contributed by atoms with Crippen molar-refractivity contribution in [1.29, 1.82) is 0 Å². The van der Waals surface area contributed by atoms with Crippen LogP contribution in [0.3, 0.4) is 0 Å². The monoisotopic (exact) mass is 246 g/mol. The second-order valence-electron chi connectivity index (χ2n) is 3.38. The van der Waals surface area contributed by atoms with Crippen LogP contribution in [0, 0.1) is 0 Å². The molecule has 15 heavy (non-hydrogen) atoms. The van der Waals surface area contributed by atoms with Gasteiger partial charge in [0.15, 0.2) is 0 Å². The molecule has 1 amide bonds. The van der Waals surface area contributed by atoms with E-state index in [1.54, 1.807) is 7.05 Å². The average molecular weight is 247 g/mol. The third-order valence-corrected chi connectivity index (χ3v) is 3.62. The molecule has 0 spiro atoms. The van der Waals surface area contributed by atoms with Crippen molar-refractivity contribution in [2.75, 3.05) is 7.05 Å². The molecule has 3 nitrogen and oxygen atoms in total. The fourth-order valence-corrected chi connectivity index (χ4v) is 2.16. The largest absolute Gasteiger partial charge is 0.347 e. The zero-order chi connectivity index (χ0) is 11.4. The van der Waals surface area contributed by atoms with E-state index in [1.807, 2.05) is 26.0 Å². The van der Waals surface area contributed by atoms with Crippen molar-refractivity contribution in [3.05, 3.63) is 21.3 Å². The molecule has 2 N–H and O–H groups in total. The second kappa shape index (κ2) is 5.49. The van der Waals surface area contributed by atoms with Crippen molar-refractivity contribution in [2.45, 2.75) is 25.9 Å². The number of halogens is 1. The van der Waals surface area contributed by atoms with Gasteiger partial charge in [0, 0.05) is 4.88 Å². The molecule has 0 radical (unpaired) electrons. The third-order valence-electron chi connectivity index (χ3n) is 2.21. The van der Waals surface area contributed by atoms with E-state index < -0.39 is 0 Å². The van der Waals surface area contributed by atoms with E-state index in [1.165, 1.54) is 11.3 Å². The Bertz CT molecular complexity index is 340. The normalized spacial score (nSPS) is 14.7. The van der Waals surface area contributed by atoms with Crippen LogP contribution in [-0.2, 0) is 4.79 Å². The highest BCUT2D eigenvalue weighted by molar-refractivity contribution is 7.16. The molecule has 0 aliphatic carbocycles. The highest BCUT2D eigenvalue weighted by Crippen LogP contribution is 2.26. The van der Waals surface area contributed by atoms with Crippen LogP contribution in [0.15, 0.2) is 12.1 Å². The van der Waals surface area contributed by atoms with Crippen LogP contribution in [0.4, 0.5) is 0 Å². The van der Waals surface area contributed by atoms with Gasteiger partial charge in [0.05, 0.1) is 16.4 Å². The summed E-state index contributed by atoms with van der Waals surface area (Å²) in [4.78, 5) is 12.6. The number of hydrogen-bond donors (Lipinski definition) is 2. The average Bonchev–Trinajstić information content (AvgIpc) is 2.63. The third kappa shape index (κ3) is 3.48. The smallest absolute Gasteiger partial charge is 0.237 e. The molecule has 1 heterocycles. The Morgan fingerprint density at radius 1 is 1.47 bits per heavy atom. The molecule has 0 aromatic carbocycles. The Kier molecular flexibility index (Phi) is 4.57. The molecule has 0 saturated heterocycles. The van der Waals surface area contributed by atoms with Gasteiger partial charge in [-0.3, -0.25) is 4.79 Å². The van der Waals surface area contributed by atoms with E-state index in [0.717, 1.165) is 9.21 Å². The number of amides is 1. The summed E-state index contributed by atoms with van der Waals surface area (Å²) in [5, 5.41) is 5.80. The molecule has 0 aliphatic heterocycles. The molecule has 0 aliphatic rings. The summed E-state index contributed by atoms with van der Waals surface area (Å²) >= 11 is 7.31. The van der Waals surface area contributed by atoms with Gasteiger partial charge in [0.25, 0.3) is 0 Å². The van der Waals surface area contributed by atoms with Crippen LogP contribution in [0.2, 0.25) is 4.34 Å². The summed E-state index contributed by atoms with van der Waals surface area (Å²) in [7, 11) is 1.76. The van der Waals surface area contributed by atoms with Gasteiger partial charge in [-0.1, -0.05) is 11.6 Å². The summed E-state index contributed by atoms with van der Waals surface area (Å²) in [5.74, 6) is -0.00507. The lowest BCUT2D eigenvalue weighted by atomic mass is 10.2. The quantitative estimate of drug-likeness (QED) is 0.855. The Balaban J connectivity index is 2.56. The summed E-state index contributed by atoms with van der Waals surface area (Å²) < 4.78 is 0.743. The first kappa shape index (κ1) is 12.5. The van der Waals surface area contributed by atoms with Gasteiger partial charge < -0.3 is 10.6 Å². The molecule has 0 bridgehead atoms. The highest BCUT2D eigenvalue weighted by atomic mass is 35.5. The summed E-state index contributed by atoms with van der Waals surface area (Å²) in [6.45, 7) is 3.77. The first-order chi connectivity index (χ1) is 7.04. The number of carbonyl (C=O) groups is 1. The fraction of sp³-hybridized carbons (Fsp3) is 0.500. The van der Waals surface area contributed by atoms with Gasteiger partial charge in [-0.2, -0.15) is 0 Å². The van der Waals surface area contributed by atoms with Crippen molar-refractivity contribution < 1.29 is 4.79 Å². The van der Waals surface area contributed by atoms with Gasteiger partial charge in [-0.25, -0.2) is 0 Å². The molecule has 1 aromatic rings. The van der Waals surface area contributed by atoms with Crippen molar-refractivity contribution in [3.8, 4) is 0 Å². The Morgan fingerprint density at radius 2 is 2.13 bits per heavy atom. The lowest BCUT2D eigenvalue weighted by molar-refractivity contribution is -0.123. The minimum Gasteiger partial charge on any atom is -0.347 e. The number of rotatable bonds is 4. The molecule has 0 saturated carbocycles. The minimum atomic E-state index is -0.178. The van der Waals surface area contributed by atoms with Crippen molar-refractivity contribution >= 4 is 28.8 Å². The van der Waals surface area contributed by atoms with E-state index in [0.29, 0.717) is 0 Å². The number of carbonyl (C=O) groups excluding carboxylic acids is 1. The molecular formula is C10H15ClN2OS. The summed E-state index contributed by atoms with van der Waals surface area (Å²) in [6.07, 6.45) is 0. The van der Waals surface area contributed by atoms with Crippen molar-refractivity contribution in [2.24, 2.45) is 0 Å². The maximum absolute atomic E-state index is 11.6. The molecule has 5 heteroatoms. The summed E-state index contributed by atoms with van der Waals surface area (Å²) in [6, 6.07) is 3.60. The predicted molar refractivity (Wildman–Crippen MR) is 64.4 cm³/mol. The molecular weight excluding hydrogens is 232 g/mol. The maximum Gasteiger partial charge on any atom is 0.237 e. The first-order valence-corrected chi connectivity index (χ1v) is 5.97. The lowest BCUT2D eigenvalue weighted by Crippen LogP contribution is -2.41. The first-order valence-electron chi connectivity index (χ1n) is 4.77. The molecule has 2 atom stereocenters. The molecule has 0 fully saturated rings. The number of thiophene rings is 1. The zero-order valence-corrected chi connectivity index (χ0v) is 10.6. The molecule has 1 aromatic heterocycles. The number of likely N-dealkylation sites (N-methyl/N-ethyl adjacent to an activating group) is 1. The lowest BCUT2D eigenvalue weighted by Gasteiger charge is -2.15. The Labute approximate surface area is 98.8 Å². The van der Waals surface area contributed by atoms with Crippen LogP contribution in [0.25, 0.3) is 0 Å². The van der Waals surface area contributed by atoms with E-state index >= 15 is 0 Å². The van der Waals surface area contributed by atoms with Gasteiger partial charge in [-0.15, -0.1) is 11.3 Å². The number of hydrogen-bond acceptors (Lipinski definition) is 3. The van der Waals surface area contributed by atoms with Crippen molar-refractivity contribution in [3.63, 3.8) is 0 Å². The topological polar surface area (TPSA) is 41.1 Å². The predicted octanol–water partition coefficient (Wildman–Crippen LogP) is 2.19. The van der Waals surface area contributed by atoms with Gasteiger partial charge in [0.1, 0.15) is 0 Å². The Morgan fingerprint density at radius 3 is 2.60 bits per heavy atom. The molecule has 1 rings (SSSR count). The molecule has 2 unspecified atom stereocenters. The van der Waals surface area contributed by atoms with E-state index in [9.17, 15) is 4.79 Å². The van der Waals surface area contributed by atoms with Crippen molar-refractivity contribution in [1.82, 2.24) is 10.6 Å². The fourth-order valence-electron chi connectivity index (χ4n) is 1.10. The van der Waals surface area contributed by atoms with Crippen LogP contribution in [-0.4, -0.2) is 19.0 Å². The van der Waals surface area contributed by atoms with Crippen LogP contribution >= 0.6 is 22.9 Å². The highest BCUT2D eigenvalue weighted by Gasteiger charge is 2.15. The second-order valence-corrected chi connectivity index (χ2v) is 5.13. The van der Waals surface area contributed by atoms with E-state index in [4.69, 9.17) is 11.6 Å². The number of nitrogens with one attached hydrogen (secondary N) is 2. The standard InChI is InChI=1S/C10H15ClN2OS/c1-6(8-4-5-9(11)15-8)13-10(14)7(2)12-3/h4-7,12H,1-3H3,(H,13,14). The Hall–Kier alpha value is -0.580. The summed E-state index contributed by atoms with van der Waals surface area (Å²) in [5.41, 5.74) is 0. The van der Waals surface area contributed by atoms with Crippen LogP contribution < -0.4 is 10.6 Å². The van der Waals surface area contributed by atoms with Crippen LogP contribution in [0.1, 0.15) is 24.8 Å². The van der Waals surface area contributed by atoms with Crippen LogP contribution in [0.5, 0.6) is 0 Å². The zero-order valence-electron chi connectivity index (χ0n) is 9.00. The van der Waals surface area contributed by atoms with Gasteiger partial charge >= 0.3 is 0 Å². The molecule has 84 valence electrons. The van der Waals surface area contributed by atoms with Gasteiger partial charge in [0.2, 0.25) is 5.91 Å².